The van der Waals surface area contributed by atoms with Crippen molar-refractivity contribution in [1.82, 2.24) is 4.90 Å². The van der Waals surface area contributed by atoms with Crippen molar-refractivity contribution < 1.29 is 9.53 Å². The number of ether oxygens (including phenoxy) is 1. The van der Waals surface area contributed by atoms with Crippen LogP contribution in [-0.4, -0.2) is 32.1 Å². The van der Waals surface area contributed by atoms with Gasteiger partial charge in [-0.15, -0.1) is 0 Å². The van der Waals surface area contributed by atoms with Crippen LogP contribution in [0.15, 0.2) is 22.7 Å². The van der Waals surface area contributed by atoms with Gasteiger partial charge in [0.15, 0.2) is 0 Å². The van der Waals surface area contributed by atoms with E-state index in [9.17, 15) is 4.79 Å². The number of benzene rings is 1. The van der Waals surface area contributed by atoms with Crippen LogP contribution in [0.25, 0.3) is 0 Å². The Hall–Kier alpha value is -0.870. The van der Waals surface area contributed by atoms with Gasteiger partial charge in [-0.25, -0.2) is 0 Å². The Morgan fingerprint density at radius 2 is 2.12 bits per heavy atom. The smallest absolute Gasteiger partial charge is 0.307 e. The molecular formula is C13H18BrNO2. The van der Waals surface area contributed by atoms with Gasteiger partial charge in [-0.05, 0) is 44.3 Å². The van der Waals surface area contributed by atoms with E-state index in [0.29, 0.717) is 6.42 Å². The summed E-state index contributed by atoms with van der Waals surface area (Å²) >= 11 is 3.46. The average molecular weight is 300 g/mol. The van der Waals surface area contributed by atoms with Gasteiger partial charge in [-0.2, -0.15) is 0 Å². The van der Waals surface area contributed by atoms with Crippen LogP contribution in [0.1, 0.15) is 23.6 Å². The monoisotopic (exact) mass is 299 g/mol. The Balaban J connectivity index is 3.05. The second kappa shape index (κ2) is 6.17. The lowest BCUT2D eigenvalue weighted by Crippen LogP contribution is -2.24. The van der Waals surface area contributed by atoms with Gasteiger partial charge in [0.25, 0.3) is 0 Å². The number of methoxy groups -OCH3 is 1. The molecule has 0 bridgehead atoms. The van der Waals surface area contributed by atoms with Crippen LogP contribution >= 0.6 is 15.9 Å². The first-order valence-electron chi connectivity index (χ1n) is 5.45. The Kier molecular flexibility index (Phi) is 5.15. The van der Waals surface area contributed by atoms with Gasteiger partial charge in [0.05, 0.1) is 13.5 Å². The molecule has 0 aliphatic rings. The summed E-state index contributed by atoms with van der Waals surface area (Å²) in [6.45, 7) is 2.05. The van der Waals surface area contributed by atoms with Gasteiger partial charge in [0.2, 0.25) is 0 Å². The quantitative estimate of drug-likeness (QED) is 0.801. The molecule has 0 spiro atoms. The maximum Gasteiger partial charge on any atom is 0.307 e. The highest BCUT2D eigenvalue weighted by Gasteiger charge is 2.20. The fourth-order valence-electron chi connectivity index (χ4n) is 1.78. The van der Waals surface area contributed by atoms with Crippen LogP contribution in [-0.2, 0) is 9.53 Å². The van der Waals surface area contributed by atoms with E-state index in [1.54, 1.807) is 0 Å². The predicted molar refractivity (Wildman–Crippen MR) is 71.9 cm³/mol. The minimum Gasteiger partial charge on any atom is -0.469 e. The molecule has 1 aromatic rings. The Bertz CT molecular complexity index is 404. The van der Waals surface area contributed by atoms with Crippen molar-refractivity contribution in [3.8, 4) is 0 Å². The minimum absolute atomic E-state index is 0.0416. The molecule has 1 rings (SSSR count). The average Bonchev–Trinajstić information content (AvgIpc) is 2.28. The summed E-state index contributed by atoms with van der Waals surface area (Å²) in [6, 6.07) is 6.15. The summed E-state index contributed by atoms with van der Waals surface area (Å²) in [5.41, 5.74) is 2.32. The molecular weight excluding hydrogens is 282 g/mol. The highest BCUT2D eigenvalue weighted by Crippen LogP contribution is 2.28. The highest BCUT2D eigenvalue weighted by molar-refractivity contribution is 9.10. The van der Waals surface area contributed by atoms with Gasteiger partial charge >= 0.3 is 5.97 Å². The number of rotatable bonds is 4. The molecule has 0 heterocycles. The Labute approximate surface area is 111 Å². The molecule has 0 radical (unpaired) electrons. The maximum atomic E-state index is 11.4. The fourth-order valence-corrected chi connectivity index (χ4v) is 2.16. The van der Waals surface area contributed by atoms with Crippen LogP contribution in [0.4, 0.5) is 0 Å². The molecule has 3 nitrogen and oxygen atoms in total. The van der Waals surface area contributed by atoms with Crippen LogP contribution in [0.5, 0.6) is 0 Å². The van der Waals surface area contributed by atoms with E-state index in [1.807, 2.05) is 31.1 Å². The predicted octanol–water partition coefficient (Wildman–Crippen LogP) is 2.92. The van der Waals surface area contributed by atoms with E-state index in [1.165, 1.54) is 12.7 Å². The molecule has 1 unspecified atom stereocenters. The number of nitrogens with zero attached hydrogens (tertiary/aromatic N) is 1. The Morgan fingerprint density at radius 3 is 2.65 bits per heavy atom. The molecule has 1 aromatic carbocycles. The molecule has 94 valence electrons. The third kappa shape index (κ3) is 3.82. The van der Waals surface area contributed by atoms with Crippen molar-refractivity contribution in [1.29, 1.82) is 0 Å². The molecule has 0 saturated heterocycles. The number of hydrogen-bond acceptors (Lipinski definition) is 3. The Morgan fingerprint density at radius 1 is 1.47 bits per heavy atom. The third-order valence-electron chi connectivity index (χ3n) is 2.81. The van der Waals surface area contributed by atoms with Crippen molar-refractivity contribution in [3.05, 3.63) is 33.8 Å². The summed E-state index contributed by atoms with van der Waals surface area (Å²) in [5.74, 6) is -0.192. The van der Waals surface area contributed by atoms with E-state index < -0.39 is 0 Å². The van der Waals surface area contributed by atoms with Crippen molar-refractivity contribution in [2.45, 2.75) is 19.4 Å². The molecule has 4 heteroatoms. The summed E-state index contributed by atoms with van der Waals surface area (Å²) in [4.78, 5) is 13.5. The van der Waals surface area contributed by atoms with Gasteiger partial charge in [-0.1, -0.05) is 22.0 Å². The van der Waals surface area contributed by atoms with E-state index in [4.69, 9.17) is 4.74 Å². The van der Waals surface area contributed by atoms with Gasteiger partial charge in [0, 0.05) is 10.5 Å². The first-order valence-corrected chi connectivity index (χ1v) is 6.24. The zero-order valence-corrected chi connectivity index (χ0v) is 12.2. The molecule has 1 atom stereocenters. The lowest BCUT2D eigenvalue weighted by molar-refractivity contribution is -0.141. The van der Waals surface area contributed by atoms with Gasteiger partial charge in [0.1, 0.15) is 0 Å². The zero-order chi connectivity index (χ0) is 13.0. The van der Waals surface area contributed by atoms with Crippen LogP contribution in [0.3, 0.4) is 0 Å². The number of halogens is 1. The lowest BCUT2D eigenvalue weighted by atomic mass is 9.98. The first kappa shape index (κ1) is 14.2. The van der Waals surface area contributed by atoms with Crippen molar-refractivity contribution in [2.24, 2.45) is 0 Å². The van der Waals surface area contributed by atoms with E-state index in [0.717, 1.165) is 10.0 Å². The molecule has 0 N–H and O–H groups in total. The SMILES string of the molecule is COC(=O)CC(c1cc(Br)ccc1C)N(C)C. The third-order valence-corrected chi connectivity index (χ3v) is 3.30. The van der Waals surface area contributed by atoms with Crippen LogP contribution in [0, 0.1) is 6.92 Å². The van der Waals surface area contributed by atoms with Crippen molar-refractivity contribution in [2.75, 3.05) is 21.2 Å². The van der Waals surface area contributed by atoms with Gasteiger partial charge in [-0.3, -0.25) is 4.79 Å². The number of carbonyl (C=O) groups excluding carboxylic acids is 1. The minimum atomic E-state index is -0.192. The van der Waals surface area contributed by atoms with E-state index in [2.05, 4.69) is 28.9 Å². The zero-order valence-electron chi connectivity index (χ0n) is 10.7. The largest absolute Gasteiger partial charge is 0.469 e. The number of carbonyl (C=O) groups is 1. The summed E-state index contributed by atoms with van der Waals surface area (Å²) in [5, 5.41) is 0. The standard InChI is InChI=1S/C13H18BrNO2/c1-9-5-6-10(14)7-11(9)12(15(2)3)8-13(16)17-4/h5-7,12H,8H2,1-4H3. The molecule has 0 aliphatic heterocycles. The normalized spacial score (nSPS) is 12.6. The topological polar surface area (TPSA) is 29.5 Å². The molecule has 0 aliphatic carbocycles. The molecule has 0 aromatic heterocycles. The highest BCUT2D eigenvalue weighted by atomic mass is 79.9. The fraction of sp³-hybridized carbons (Fsp3) is 0.462. The molecule has 17 heavy (non-hydrogen) atoms. The van der Waals surface area contributed by atoms with E-state index >= 15 is 0 Å². The molecule has 0 fully saturated rings. The van der Waals surface area contributed by atoms with Gasteiger partial charge < -0.3 is 9.64 Å². The van der Waals surface area contributed by atoms with Crippen molar-refractivity contribution >= 4 is 21.9 Å². The lowest BCUT2D eigenvalue weighted by Gasteiger charge is -2.25. The number of aryl methyl sites for hydroxylation is 1. The van der Waals surface area contributed by atoms with Crippen molar-refractivity contribution in [3.63, 3.8) is 0 Å². The number of esters is 1. The molecule has 0 amide bonds. The number of hydrogen-bond donors (Lipinski definition) is 0. The second-order valence-electron chi connectivity index (χ2n) is 4.26. The molecule has 0 saturated carbocycles. The van der Waals surface area contributed by atoms with Crippen LogP contribution in [0.2, 0.25) is 0 Å². The summed E-state index contributed by atoms with van der Waals surface area (Å²) in [6.07, 6.45) is 0.362. The van der Waals surface area contributed by atoms with E-state index in [-0.39, 0.29) is 12.0 Å². The second-order valence-corrected chi connectivity index (χ2v) is 5.18. The van der Waals surface area contributed by atoms with Crippen LogP contribution < -0.4 is 0 Å². The summed E-state index contributed by atoms with van der Waals surface area (Å²) in [7, 11) is 5.35. The maximum absolute atomic E-state index is 11.4. The summed E-state index contributed by atoms with van der Waals surface area (Å²) < 4.78 is 5.77. The first-order chi connectivity index (χ1) is 7.95.